The van der Waals surface area contributed by atoms with Gasteiger partial charge in [-0.3, -0.25) is 0 Å². The zero-order valence-corrected chi connectivity index (χ0v) is 4.89. The summed E-state index contributed by atoms with van der Waals surface area (Å²) in [5.41, 5.74) is 1.13. The Hall–Kier alpha value is -0.590. The van der Waals surface area contributed by atoms with E-state index in [9.17, 15) is 4.79 Å². The van der Waals surface area contributed by atoms with Crippen LogP contribution in [0.3, 0.4) is 0 Å². The summed E-state index contributed by atoms with van der Waals surface area (Å²) in [6.45, 7) is 3.78. The van der Waals surface area contributed by atoms with Gasteiger partial charge in [-0.1, -0.05) is 12.2 Å². The van der Waals surface area contributed by atoms with Crippen molar-refractivity contribution in [2.45, 2.75) is 19.3 Å². The van der Waals surface area contributed by atoms with Crippen LogP contribution in [0.15, 0.2) is 12.2 Å². The normalized spacial score (nSPS) is 28.5. The molecule has 0 aliphatic heterocycles. The van der Waals surface area contributed by atoms with Crippen LogP contribution in [-0.2, 0) is 4.79 Å². The molecule has 1 atom stereocenters. The van der Waals surface area contributed by atoms with Crippen molar-refractivity contribution in [2.24, 2.45) is 5.92 Å². The molecule has 8 heavy (non-hydrogen) atoms. The fourth-order valence-corrected chi connectivity index (χ4v) is 1.10. The molecule has 0 spiro atoms. The zero-order chi connectivity index (χ0) is 5.98. The second kappa shape index (κ2) is 2.12. The summed E-state index contributed by atoms with van der Waals surface area (Å²) < 4.78 is 0. The van der Waals surface area contributed by atoms with E-state index in [2.05, 4.69) is 6.58 Å². The van der Waals surface area contributed by atoms with Crippen LogP contribution in [0.4, 0.5) is 0 Å². The first kappa shape index (κ1) is 5.54. The van der Waals surface area contributed by atoms with Crippen molar-refractivity contribution in [3.63, 3.8) is 0 Å². The van der Waals surface area contributed by atoms with Gasteiger partial charge >= 0.3 is 0 Å². The van der Waals surface area contributed by atoms with Crippen molar-refractivity contribution in [3.05, 3.63) is 12.2 Å². The molecule has 1 saturated carbocycles. The summed E-state index contributed by atoms with van der Waals surface area (Å²) in [7, 11) is 0. The Bertz CT molecular complexity index is 116. The highest BCUT2D eigenvalue weighted by molar-refractivity contribution is 5.59. The highest BCUT2D eigenvalue weighted by atomic mass is 16.1. The van der Waals surface area contributed by atoms with E-state index < -0.39 is 0 Å². The topological polar surface area (TPSA) is 17.1 Å². The van der Waals surface area contributed by atoms with Gasteiger partial charge in [0.2, 0.25) is 0 Å². The lowest BCUT2D eigenvalue weighted by Gasteiger charge is -1.96. The molecule has 1 aliphatic rings. The first-order valence-electron chi connectivity index (χ1n) is 2.97. The summed E-state index contributed by atoms with van der Waals surface area (Å²) in [5.74, 6) is 0.190. The Morgan fingerprint density at radius 2 is 2.50 bits per heavy atom. The van der Waals surface area contributed by atoms with E-state index in [0.29, 0.717) is 0 Å². The summed E-state index contributed by atoms with van der Waals surface area (Å²) in [6, 6.07) is 0. The number of hydrogen-bond donors (Lipinski definition) is 0. The Labute approximate surface area is 49.4 Å². The molecule has 0 radical (unpaired) electrons. The fourth-order valence-electron chi connectivity index (χ4n) is 1.10. The van der Waals surface area contributed by atoms with Crippen molar-refractivity contribution in [1.29, 1.82) is 0 Å². The van der Waals surface area contributed by atoms with Gasteiger partial charge in [0.15, 0.2) is 0 Å². The fraction of sp³-hybridized carbons (Fsp3) is 0.571. The summed E-state index contributed by atoms with van der Waals surface area (Å²) >= 11 is 0. The van der Waals surface area contributed by atoms with Gasteiger partial charge in [-0.15, -0.1) is 0 Å². The molecular formula is C7H10O. The number of allylic oxidation sites excluding steroid dienone is 1. The van der Waals surface area contributed by atoms with Gasteiger partial charge in [0.05, 0.1) is 0 Å². The van der Waals surface area contributed by atoms with Gasteiger partial charge < -0.3 is 4.79 Å². The summed E-state index contributed by atoms with van der Waals surface area (Å²) in [6.07, 6.45) is 4.25. The molecule has 0 aromatic rings. The molecular weight excluding hydrogens is 100 g/mol. The van der Waals surface area contributed by atoms with E-state index in [4.69, 9.17) is 0 Å². The molecule has 1 rings (SSSR count). The predicted octanol–water partition coefficient (Wildman–Crippen LogP) is 1.54. The lowest BCUT2D eigenvalue weighted by atomic mass is 10.1. The van der Waals surface area contributed by atoms with E-state index in [1.807, 2.05) is 0 Å². The van der Waals surface area contributed by atoms with Gasteiger partial charge in [0, 0.05) is 5.92 Å². The maximum atomic E-state index is 10.2. The molecule has 0 N–H and O–H groups in total. The van der Waals surface area contributed by atoms with Crippen LogP contribution in [0.25, 0.3) is 0 Å². The highest BCUT2D eigenvalue weighted by Crippen LogP contribution is 2.27. The molecule has 1 fully saturated rings. The molecule has 1 aliphatic carbocycles. The second-order valence-corrected chi connectivity index (χ2v) is 2.29. The van der Waals surface area contributed by atoms with E-state index >= 15 is 0 Å². The number of aldehydes is 1. The number of carbonyl (C=O) groups excluding carboxylic acids is 1. The minimum atomic E-state index is 0.190. The smallest absolute Gasteiger partial charge is 0.127 e. The van der Waals surface area contributed by atoms with E-state index in [-0.39, 0.29) is 5.92 Å². The number of rotatable bonds is 1. The van der Waals surface area contributed by atoms with Gasteiger partial charge in [-0.2, -0.15) is 0 Å². The van der Waals surface area contributed by atoms with Gasteiger partial charge in [-0.05, 0) is 19.3 Å². The van der Waals surface area contributed by atoms with Crippen LogP contribution in [0.2, 0.25) is 0 Å². The third-order valence-corrected chi connectivity index (χ3v) is 1.70. The van der Waals surface area contributed by atoms with E-state index in [0.717, 1.165) is 31.1 Å². The van der Waals surface area contributed by atoms with Gasteiger partial charge in [-0.25, -0.2) is 0 Å². The molecule has 0 bridgehead atoms. The van der Waals surface area contributed by atoms with Crippen molar-refractivity contribution in [3.8, 4) is 0 Å². The van der Waals surface area contributed by atoms with Crippen LogP contribution in [0, 0.1) is 5.92 Å². The molecule has 1 nitrogen and oxygen atoms in total. The zero-order valence-electron chi connectivity index (χ0n) is 4.89. The summed E-state index contributed by atoms with van der Waals surface area (Å²) in [5, 5.41) is 0. The third-order valence-electron chi connectivity index (χ3n) is 1.70. The maximum absolute atomic E-state index is 10.2. The van der Waals surface area contributed by atoms with Crippen LogP contribution < -0.4 is 0 Å². The van der Waals surface area contributed by atoms with E-state index in [1.165, 1.54) is 0 Å². The minimum Gasteiger partial charge on any atom is -0.303 e. The monoisotopic (exact) mass is 110 g/mol. The molecule has 44 valence electrons. The molecule has 0 saturated heterocycles. The SMILES string of the molecule is C=C1CCCC1C=O. The first-order chi connectivity index (χ1) is 3.84. The Balaban J connectivity index is 2.54. The molecule has 0 aromatic carbocycles. The van der Waals surface area contributed by atoms with Crippen molar-refractivity contribution >= 4 is 6.29 Å². The molecule has 0 amide bonds. The third kappa shape index (κ3) is 0.808. The van der Waals surface area contributed by atoms with Crippen molar-refractivity contribution in [1.82, 2.24) is 0 Å². The second-order valence-electron chi connectivity index (χ2n) is 2.29. The molecule has 0 aromatic heterocycles. The van der Waals surface area contributed by atoms with Crippen LogP contribution in [0.5, 0.6) is 0 Å². The van der Waals surface area contributed by atoms with Crippen LogP contribution in [-0.4, -0.2) is 6.29 Å². The number of carbonyl (C=O) groups is 1. The largest absolute Gasteiger partial charge is 0.303 e. The highest BCUT2D eigenvalue weighted by Gasteiger charge is 2.16. The predicted molar refractivity (Wildman–Crippen MR) is 32.5 cm³/mol. The van der Waals surface area contributed by atoms with Crippen LogP contribution in [0.1, 0.15) is 19.3 Å². The average Bonchev–Trinajstić information content (AvgIpc) is 2.14. The van der Waals surface area contributed by atoms with E-state index in [1.54, 1.807) is 0 Å². The Kier molecular flexibility index (Phi) is 1.47. The lowest BCUT2D eigenvalue weighted by Crippen LogP contribution is -1.94. The van der Waals surface area contributed by atoms with Crippen LogP contribution >= 0.6 is 0 Å². The molecule has 1 unspecified atom stereocenters. The molecule has 1 heteroatoms. The average molecular weight is 110 g/mol. The first-order valence-corrected chi connectivity index (χ1v) is 2.97. The summed E-state index contributed by atoms with van der Waals surface area (Å²) in [4.78, 5) is 10.2. The minimum absolute atomic E-state index is 0.190. The maximum Gasteiger partial charge on any atom is 0.127 e. The van der Waals surface area contributed by atoms with Gasteiger partial charge in [0.25, 0.3) is 0 Å². The quantitative estimate of drug-likeness (QED) is 0.369. The van der Waals surface area contributed by atoms with Gasteiger partial charge in [0.1, 0.15) is 6.29 Å². The van der Waals surface area contributed by atoms with Crippen molar-refractivity contribution < 1.29 is 4.79 Å². The Morgan fingerprint density at radius 3 is 2.75 bits per heavy atom. The standard InChI is InChI=1S/C7H10O/c1-6-3-2-4-7(6)5-8/h5,7H,1-4H2. The Morgan fingerprint density at radius 1 is 1.75 bits per heavy atom. The lowest BCUT2D eigenvalue weighted by molar-refractivity contribution is -0.110. The number of hydrogen-bond acceptors (Lipinski definition) is 1. The van der Waals surface area contributed by atoms with Crippen molar-refractivity contribution in [2.75, 3.05) is 0 Å². The molecule has 0 heterocycles.